The third-order valence-electron chi connectivity index (χ3n) is 4.23. The lowest BCUT2D eigenvalue weighted by Crippen LogP contribution is -2.36. The fraction of sp³-hybridized carbons (Fsp3) is 0.150. The van der Waals surface area contributed by atoms with Crippen molar-refractivity contribution in [3.63, 3.8) is 0 Å². The van der Waals surface area contributed by atoms with Crippen LogP contribution in [-0.2, 0) is 16.1 Å². The van der Waals surface area contributed by atoms with E-state index in [1.165, 1.54) is 5.01 Å². The topological polar surface area (TPSA) is 92.5 Å². The molecule has 0 fully saturated rings. The van der Waals surface area contributed by atoms with Crippen molar-refractivity contribution < 1.29 is 9.59 Å². The lowest BCUT2D eigenvalue weighted by atomic mass is 10.1. The molecule has 3 heterocycles. The van der Waals surface area contributed by atoms with Gasteiger partial charge in [-0.2, -0.15) is 10.2 Å². The van der Waals surface area contributed by atoms with Gasteiger partial charge in [0.15, 0.2) is 5.82 Å². The predicted molar refractivity (Wildman–Crippen MR) is 105 cm³/mol. The van der Waals surface area contributed by atoms with Crippen LogP contribution in [0, 0.1) is 0 Å². The molecule has 0 atom stereocenters. The van der Waals surface area contributed by atoms with E-state index in [9.17, 15) is 9.59 Å². The summed E-state index contributed by atoms with van der Waals surface area (Å²) in [6.07, 6.45) is 4.02. The second kappa shape index (κ2) is 7.83. The van der Waals surface area contributed by atoms with Crippen LogP contribution in [0.25, 0.3) is 0 Å². The third kappa shape index (κ3) is 3.96. The lowest BCUT2D eigenvalue weighted by molar-refractivity contribution is -0.118. The molecule has 0 saturated heterocycles. The lowest BCUT2D eigenvalue weighted by Gasteiger charge is -2.22. The largest absolute Gasteiger partial charge is 0.304 e. The molecule has 140 valence electrons. The van der Waals surface area contributed by atoms with E-state index in [-0.39, 0.29) is 18.2 Å². The number of rotatable bonds is 5. The van der Waals surface area contributed by atoms with Gasteiger partial charge in [0.2, 0.25) is 5.91 Å². The molecule has 8 heteroatoms. The number of carbonyl (C=O) groups excluding carboxylic acids is 2. The summed E-state index contributed by atoms with van der Waals surface area (Å²) < 4.78 is 1.69. The molecule has 28 heavy (non-hydrogen) atoms. The number of anilines is 2. The van der Waals surface area contributed by atoms with E-state index in [4.69, 9.17) is 0 Å². The van der Waals surface area contributed by atoms with Gasteiger partial charge in [-0.15, -0.1) is 0 Å². The third-order valence-corrected chi connectivity index (χ3v) is 4.23. The fourth-order valence-corrected chi connectivity index (χ4v) is 2.85. The van der Waals surface area contributed by atoms with Crippen molar-refractivity contribution in [1.82, 2.24) is 14.8 Å². The average Bonchev–Trinajstić information content (AvgIpc) is 3.16. The first kappa shape index (κ1) is 17.6. The van der Waals surface area contributed by atoms with Crippen LogP contribution in [-0.4, -0.2) is 32.3 Å². The van der Waals surface area contributed by atoms with Gasteiger partial charge in [0.25, 0.3) is 5.91 Å². The Morgan fingerprint density at radius 2 is 1.86 bits per heavy atom. The highest BCUT2D eigenvalue weighted by Gasteiger charge is 2.25. The Kier molecular flexibility index (Phi) is 4.92. The standard InChI is InChI=1S/C20H18N6O2/c27-19-10-9-17(23-26(19)16-7-2-1-3-8-16)20(28)22-18-11-13-25(24-18)14-15-6-4-5-12-21-15/h1-8,11-13H,9-10,14H2,(H,22,24,28). The molecule has 8 nitrogen and oxygen atoms in total. The summed E-state index contributed by atoms with van der Waals surface area (Å²) in [6.45, 7) is 0.508. The molecular formula is C20H18N6O2. The second-order valence-corrected chi connectivity index (χ2v) is 6.26. The Bertz CT molecular complexity index is 1010. The first-order chi connectivity index (χ1) is 13.7. The van der Waals surface area contributed by atoms with Crippen LogP contribution >= 0.6 is 0 Å². The van der Waals surface area contributed by atoms with Crippen LogP contribution in [0.4, 0.5) is 11.5 Å². The van der Waals surface area contributed by atoms with Crippen LogP contribution < -0.4 is 10.3 Å². The molecule has 2 amide bonds. The minimum Gasteiger partial charge on any atom is -0.304 e. The van der Waals surface area contributed by atoms with E-state index in [1.807, 2.05) is 36.4 Å². The SMILES string of the molecule is O=C(Nc1ccn(Cc2ccccn2)n1)C1=NN(c2ccccc2)C(=O)CC1. The van der Waals surface area contributed by atoms with E-state index < -0.39 is 0 Å². The molecule has 0 spiro atoms. The molecule has 0 aliphatic carbocycles. The van der Waals surface area contributed by atoms with Gasteiger partial charge >= 0.3 is 0 Å². The highest BCUT2D eigenvalue weighted by atomic mass is 16.2. The number of benzene rings is 1. The number of carbonyl (C=O) groups is 2. The summed E-state index contributed by atoms with van der Waals surface area (Å²) in [4.78, 5) is 29.0. The number of pyridine rings is 1. The van der Waals surface area contributed by atoms with Crippen molar-refractivity contribution in [1.29, 1.82) is 0 Å². The van der Waals surface area contributed by atoms with Gasteiger partial charge in [-0.05, 0) is 24.3 Å². The maximum Gasteiger partial charge on any atom is 0.273 e. The van der Waals surface area contributed by atoms with Crippen LogP contribution in [0.3, 0.4) is 0 Å². The summed E-state index contributed by atoms with van der Waals surface area (Å²) in [5, 5.41) is 12.6. The smallest absolute Gasteiger partial charge is 0.273 e. The quantitative estimate of drug-likeness (QED) is 0.742. The molecule has 1 aliphatic heterocycles. The molecule has 1 N–H and O–H groups in total. The summed E-state index contributed by atoms with van der Waals surface area (Å²) in [6, 6.07) is 16.4. The molecule has 4 rings (SSSR count). The first-order valence-corrected chi connectivity index (χ1v) is 8.89. The van der Waals surface area contributed by atoms with E-state index in [0.29, 0.717) is 30.2 Å². The normalized spacial score (nSPS) is 13.9. The molecule has 2 aromatic heterocycles. The molecule has 0 bridgehead atoms. The van der Waals surface area contributed by atoms with Crippen molar-refractivity contribution in [2.45, 2.75) is 19.4 Å². The number of hydrogen-bond donors (Lipinski definition) is 1. The number of hydrogen-bond acceptors (Lipinski definition) is 5. The Morgan fingerprint density at radius 1 is 1.04 bits per heavy atom. The summed E-state index contributed by atoms with van der Waals surface area (Å²) in [7, 11) is 0. The van der Waals surface area contributed by atoms with Crippen molar-refractivity contribution in [2.75, 3.05) is 10.3 Å². The van der Waals surface area contributed by atoms with Gasteiger partial charge in [0.1, 0.15) is 5.71 Å². The van der Waals surface area contributed by atoms with Crippen molar-refractivity contribution in [2.24, 2.45) is 5.10 Å². The molecule has 0 radical (unpaired) electrons. The Morgan fingerprint density at radius 3 is 2.64 bits per heavy atom. The van der Waals surface area contributed by atoms with Gasteiger partial charge in [0.05, 0.1) is 17.9 Å². The number of hydrazone groups is 1. The van der Waals surface area contributed by atoms with Crippen LogP contribution in [0.1, 0.15) is 18.5 Å². The highest BCUT2D eigenvalue weighted by Crippen LogP contribution is 2.20. The van der Waals surface area contributed by atoms with Crippen molar-refractivity contribution >= 4 is 29.0 Å². The van der Waals surface area contributed by atoms with Gasteiger partial charge in [-0.3, -0.25) is 19.3 Å². The van der Waals surface area contributed by atoms with Crippen molar-refractivity contribution in [3.8, 4) is 0 Å². The molecular weight excluding hydrogens is 356 g/mol. The number of aromatic nitrogens is 3. The number of para-hydroxylation sites is 1. The number of amides is 2. The predicted octanol–water partition coefficient (Wildman–Crippen LogP) is 2.45. The minimum atomic E-state index is -0.364. The maximum atomic E-state index is 12.6. The van der Waals surface area contributed by atoms with Gasteiger partial charge < -0.3 is 5.32 Å². The van der Waals surface area contributed by atoms with Gasteiger partial charge in [-0.1, -0.05) is 24.3 Å². The first-order valence-electron chi connectivity index (χ1n) is 8.89. The van der Waals surface area contributed by atoms with Crippen LogP contribution in [0.5, 0.6) is 0 Å². The fourth-order valence-electron chi connectivity index (χ4n) is 2.85. The minimum absolute atomic E-state index is 0.137. The average molecular weight is 374 g/mol. The monoisotopic (exact) mass is 374 g/mol. The zero-order valence-electron chi connectivity index (χ0n) is 15.0. The van der Waals surface area contributed by atoms with Crippen molar-refractivity contribution in [3.05, 3.63) is 72.7 Å². The second-order valence-electron chi connectivity index (χ2n) is 6.26. The summed E-state index contributed by atoms with van der Waals surface area (Å²) >= 11 is 0. The summed E-state index contributed by atoms with van der Waals surface area (Å²) in [5.74, 6) is -0.0781. The van der Waals surface area contributed by atoms with Crippen LogP contribution in [0.15, 0.2) is 72.1 Å². The van der Waals surface area contributed by atoms with Gasteiger partial charge in [-0.25, -0.2) is 5.01 Å². The Balaban J connectivity index is 1.45. The van der Waals surface area contributed by atoms with E-state index in [1.54, 1.807) is 35.3 Å². The molecule has 0 unspecified atom stereocenters. The molecule has 3 aromatic rings. The zero-order chi connectivity index (χ0) is 19.3. The zero-order valence-corrected chi connectivity index (χ0v) is 15.0. The highest BCUT2D eigenvalue weighted by molar-refractivity contribution is 6.44. The maximum absolute atomic E-state index is 12.6. The van der Waals surface area contributed by atoms with E-state index in [0.717, 1.165) is 5.69 Å². The Labute approximate surface area is 161 Å². The number of nitrogens with zero attached hydrogens (tertiary/aromatic N) is 5. The summed E-state index contributed by atoms with van der Waals surface area (Å²) in [5.41, 5.74) is 1.80. The van der Waals surface area contributed by atoms with Crippen LogP contribution in [0.2, 0.25) is 0 Å². The Hall–Kier alpha value is -3.81. The molecule has 1 aliphatic rings. The molecule has 1 aromatic carbocycles. The van der Waals surface area contributed by atoms with Gasteiger partial charge in [0, 0.05) is 31.3 Å². The van der Waals surface area contributed by atoms with E-state index >= 15 is 0 Å². The van der Waals surface area contributed by atoms with E-state index in [2.05, 4.69) is 20.5 Å². The number of nitrogens with one attached hydrogen (secondary N) is 1. The molecule has 0 saturated carbocycles.